The highest BCUT2D eigenvalue weighted by Gasteiger charge is 2.19. The molecule has 2 aromatic rings. The molecule has 0 aliphatic carbocycles. The van der Waals surface area contributed by atoms with Crippen molar-refractivity contribution in [1.29, 1.82) is 0 Å². The van der Waals surface area contributed by atoms with E-state index in [1.807, 2.05) is 22.9 Å². The third-order valence-electron chi connectivity index (χ3n) is 4.43. The molecule has 3 rings (SSSR count). The molecule has 1 aromatic heterocycles. The summed E-state index contributed by atoms with van der Waals surface area (Å²) in [6, 6.07) is 8.15. The number of benzene rings is 1. The van der Waals surface area contributed by atoms with Gasteiger partial charge in [0.05, 0.1) is 18.2 Å². The standard InChI is InChI=1S/C17H26N4O/c1-2-3-14-22-15-8-10-20(11-9-15)12-13-21-17-7-5-4-6-16(17)18-19-21/h4-7,15H,2-3,8-14H2,1H3. The van der Waals surface area contributed by atoms with Gasteiger partial charge < -0.3 is 9.64 Å². The van der Waals surface area contributed by atoms with Crippen LogP contribution in [0.25, 0.3) is 11.0 Å². The van der Waals surface area contributed by atoms with Gasteiger partial charge in [0.25, 0.3) is 0 Å². The van der Waals surface area contributed by atoms with Gasteiger partial charge in [0.1, 0.15) is 5.52 Å². The second-order valence-corrected chi connectivity index (χ2v) is 6.07. The molecule has 0 amide bonds. The molecule has 0 N–H and O–H groups in total. The molecule has 5 heteroatoms. The van der Waals surface area contributed by atoms with Crippen LogP contribution in [0.4, 0.5) is 0 Å². The molecule has 1 aliphatic rings. The maximum atomic E-state index is 5.93. The third kappa shape index (κ3) is 3.84. The van der Waals surface area contributed by atoms with Gasteiger partial charge in [-0.15, -0.1) is 5.10 Å². The summed E-state index contributed by atoms with van der Waals surface area (Å²) in [5.74, 6) is 0. The smallest absolute Gasteiger partial charge is 0.113 e. The van der Waals surface area contributed by atoms with Crippen molar-refractivity contribution in [2.45, 2.75) is 45.3 Å². The van der Waals surface area contributed by atoms with Gasteiger partial charge in [-0.3, -0.25) is 0 Å². The highest BCUT2D eigenvalue weighted by Crippen LogP contribution is 2.15. The van der Waals surface area contributed by atoms with Crippen LogP contribution in [-0.2, 0) is 11.3 Å². The number of ether oxygens (including phenoxy) is 1. The molecular formula is C17H26N4O. The molecular weight excluding hydrogens is 276 g/mol. The number of piperidine rings is 1. The van der Waals surface area contributed by atoms with Crippen LogP contribution < -0.4 is 0 Å². The molecule has 0 saturated carbocycles. The number of hydrogen-bond donors (Lipinski definition) is 0. The molecule has 1 saturated heterocycles. The van der Waals surface area contributed by atoms with Crippen molar-refractivity contribution in [2.75, 3.05) is 26.2 Å². The highest BCUT2D eigenvalue weighted by molar-refractivity contribution is 5.73. The fourth-order valence-corrected chi connectivity index (χ4v) is 3.01. The topological polar surface area (TPSA) is 43.2 Å². The first-order valence-electron chi connectivity index (χ1n) is 8.49. The van der Waals surface area contributed by atoms with E-state index in [2.05, 4.69) is 28.2 Å². The number of unbranched alkanes of at least 4 members (excludes halogenated alkanes) is 1. The zero-order chi connectivity index (χ0) is 15.2. The average Bonchev–Trinajstić information content (AvgIpc) is 2.98. The maximum Gasteiger partial charge on any atom is 0.113 e. The molecule has 0 spiro atoms. The van der Waals surface area contributed by atoms with Crippen LogP contribution in [-0.4, -0.2) is 52.2 Å². The quantitative estimate of drug-likeness (QED) is 0.738. The summed E-state index contributed by atoms with van der Waals surface area (Å²) in [6.07, 6.45) is 5.17. The third-order valence-corrected chi connectivity index (χ3v) is 4.43. The Balaban J connectivity index is 1.43. The fourth-order valence-electron chi connectivity index (χ4n) is 3.01. The van der Waals surface area contributed by atoms with Gasteiger partial charge in [0, 0.05) is 26.2 Å². The van der Waals surface area contributed by atoms with Crippen molar-refractivity contribution in [3.63, 3.8) is 0 Å². The minimum Gasteiger partial charge on any atom is -0.378 e. The molecule has 0 atom stereocenters. The van der Waals surface area contributed by atoms with E-state index in [4.69, 9.17) is 4.74 Å². The lowest BCUT2D eigenvalue weighted by Crippen LogP contribution is -2.38. The molecule has 22 heavy (non-hydrogen) atoms. The Hall–Kier alpha value is -1.46. The van der Waals surface area contributed by atoms with Crippen LogP contribution >= 0.6 is 0 Å². The second-order valence-electron chi connectivity index (χ2n) is 6.07. The Bertz CT molecular complexity index is 575. The van der Waals surface area contributed by atoms with E-state index in [9.17, 15) is 0 Å². The zero-order valence-electron chi connectivity index (χ0n) is 13.4. The predicted octanol–water partition coefficient (Wildman–Crippen LogP) is 2.71. The van der Waals surface area contributed by atoms with Crippen molar-refractivity contribution in [3.8, 4) is 0 Å². The number of aromatic nitrogens is 3. The SMILES string of the molecule is CCCCOC1CCN(CCn2nnc3ccccc32)CC1. The molecule has 0 bridgehead atoms. The number of nitrogens with zero attached hydrogens (tertiary/aromatic N) is 4. The van der Waals surface area contributed by atoms with E-state index in [0.29, 0.717) is 6.10 Å². The minimum atomic E-state index is 0.468. The van der Waals surface area contributed by atoms with E-state index in [0.717, 1.165) is 56.7 Å². The van der Waals surface area contributed by atoms with Crippen LogP contribution in [0.15, 0.2) is 24.3 Å². The number of hydrogen-bond acceptors (Lipinski definition) is 4. The first-order chi connectivity index (χ1) is 10.9. The van der Waals surface area contributed by atoms with E-state index in [-0.39, 0.29) is 0 Å². The lowest BCUT2D eigenvalue weighted by molar-refractivity contribution is 0.00571. The van der Waals surface area contributed by atoms with Crippen LogP contribution in [0.2, 0.25) is 0 Å². The van der Waals surface area contributed by atoms with Crippen molar-refractivity contribution >= 4 is 11.0 Å². The van der Waals surface area contributed by atoms with E-state index in [1.54, 1.807) is 0 Å². The fraction of sp³-hybridized carbons (Fsp3) is 0.647. The molecule has 120 valence electrons. The highest BCUT2D eigenvalue weighted by atomic mass is 16.5. The first-order valence-corrected chi connectivity index (χ1v) is 8.49. The molecule has 0 radical (unpaired) electrons. The van der Waals surface area contributed by atoms with E-state index < -0.39 is 0 Å². The van der Waals surface area contributed by atoms with Gasteiger partial charge in [-0.05, 0) is 31.4 Å². The molecule has 2 heterocycles. The van der Waals surface area contributed by atoms with Gasteiger partial charge in [0.2, 0.25) is 0 Å². The predicted molar refractivity (Wildman–Crippen MR) is 87.9 cm³/mol. The molecule has 1 aliphatic heterocycles. The molecule has 5 nitrogen and oxygen atoms in total. The van der Waals surface area contributed by atoms with Crippen LogP contribution in [0.3, 0.4) is 0 Å². The van der Waals surface area contributed by atoms with Crippen LogP contribution in [0.5, 0.6) is 0 Å². The van der Waals surface area contributed by atoms with Gasteiger partial charge in [-0.25, -0.2) is 4.68 Å². The number of rotatable bonds is 7. The Kier molecular flexibility index (Phi) is 5.40. The lowest BCUT2D eigenvalue weighted by atomic mass is 10.1. The Labute approximate surface area is 132 Å². The number of para-hydroxylation sites is 1. The Morgan fingerprint density at radius 1 is 1.18 bits per heavy atom. The van der Waals surface area contributed by atoms with Gasteiger partial charge >= 0.3 is 0 Å². The first kappa shape index (κ1) is 15.4. The zero-order valence-corrected chi connectivity index (χ0v) is 13.4. The average molecular weight is 302 g/mol. The van der Waals surface area contributed by atoms with Gasteiger partial charge in [0.15, 0.2) is 0 Å². The monoisotopic (exact) mass is 302 g/mol. The lowest BCUT2D eigenvalue weighted by Gasteiger charge is -2.31. The Morgan fingerprint density at radius 3 is 2.82 bits per heavy atom. The summed E-state index contributed by atoms with van der Waals surface area (Å²) in [5, 5.41) is 8.47. The molecule has 1 fully saturated rings. The Morgan fingerprint density at radius 2 is 2.00 bits per heavy atom. The summed E-state index contributed by atoms with van der Waals surface area (Å²) in [5.41, 5.74) is 2.10. The largest absolute Gasteiger partial charge is 0.378 e. The van der Waals surface area contributed by atoms with Crippen molar-refractivity contribution in [3.05, 3.63) is 24.3 Å². The molecule has 1 aromatic carbocycles. The number of fused-ring (bicyclic) bond motifs is 1. The minimum absolute atomic E-state index is 0.468. The summed E-state index contributed by atoms with van der Waals surface area (Å²) >= 11 is 0. The van der Waals surface area contributed by atoms with E-state index in [1.165, 1.54) is 12.8 Å². The van der Waals surface area contributed by atoms with Crippen molar-refractivity contribution in [2.24, 2.45) is 0 Å². The summed E-state index contributed by atoms with van der Waals surface area (Å²) in [6.45, 7) is 7.33. The normalized spacial score (nSPS) is 17.3. The second kappa shape index (κ2) is 7.70. The number of likely N-dealkylation sites (tertiary alicyclic amines) is 1. The maximum absolute atomic E-state index is 5.93. The van der Waals surface area contributed by atoms with E-state index >= 15 is 0 Å². The van der Waals surface area contributed by atoms with Crippen LogP contribution in [0.1, 0.15) is 32.6 Å². The summed E-state index contributed by atoms with van der Waals surface area (Å²) < 4.78 is 7.94. The van der Waals surface area contributed by atoms with Crippen molar-refractivity contribution < 1.29 is 4.74 Å². The molecule has 0 unspecified atom stereocenters. The summed E-state index contributed by atoms with van der Waals surface area (Å²) in [4.78, 5) is 2.51. The van der Waals surface area contributed by atoms with Gasteiger partial charge in [-0.2, -0.15) is 0 Å². The van der Waals surface area contributed by atoms with Gasteiger partial charge in [-0.1, -0.05) is 30.7 Å². The summed E-state index contributed by atoms with van der Waals surface area (Å²) in [7, 11) is 0. The van der Waals surface area contributed by atoms with Crippen LogP contribution in [0, 0.1) is 0 Å². The van der Waals surface area contributed by atoms with Crippen molar-refractivity contribution in [1.82, 2.24) is 19.9 Å².